The molecule has 1 nitrogen and oxygen atoms in total. The quantitative estimate of drug-likeness (QED) is 0.293. The Hall–Kier alpha value is 0.909. The van der Waals surface area contributed by atoms with Gasteiger partial charge in [0.05, 0.1) is 0 Å². The molecule has 12 rings (SSSR count). The molecule has 5 atom stereocenters. The second kappa shape index (κ2) is 2.05. The first-order valence-corrected chi connectivity index (χ1v) is 21.4. The third kappa shape index (κ3) is 0.330. The zero-order chi connectivity index (χ0) is 18.7. The van der Waals surface area contributed by atoms with Gasteiger partial charge < -0.3 is 0 Å². The summed E-state index contributed by atoms with van der Waals surface area (Å²) in [5.41, 5.74) is 3.66. The van der Waals surface area contributed by atoms with Gasteiger partial charge in [0.1, 0.15) is 0 Å². The molecule has 0 amide bonds. The summed E-state index contributed by atoms with van der Waals surface area (Å²) in [5, 5.41) is 0. The standard InChI is InChI=1S/C21H35NP.C5H5.Fe/c1-22(2)17-21(18-11-9-10-12-18)23(19-13-5-3-6-14-19)20-15-7-4-8-16-20;1-2-4-5-3-1;/h9-12,19-21H,3-8,13-17H2,1-2H3;1-5H;. The molecule has 12 fully saturated rings. The van der Waals surface area contributed by atoms with Gasteiger partial charge in [0.15, 0.2) is 0 Å². The molecule has 10 heterocycles. The van der Waals surface area contributed by atoms with Crippen molar-refractivity contribution in [1.82, 2.24) is 4.90 Å². The van der Waals surface area contributed by atoms with Crippen molar-refractivity contribution in [2.75, 3.05) is 20.6 Å². The topological polar surface area (TPSA) is 3.24 Å². The number of fused-ring (bicyclic) bond motifs is 10. The Bertz CT molecular complexity index is 1140. The predicted molar refractivity (Wildman–Crippen MR) is 119 cm³/mol. The van der Waals surface area contributed by atoms with Crippen LogP contribution in [0.2, 0.25) is 47.7 Å². The van der Waals surface area contributed by atoms with Crippen LogP contribution >= 0.6 is 7.92 Å². The molecule has 0 N–H and O–H groups in total. The molecule has 29 heavy (non-hydrogen) atoms. The monoisotopic (exact) mass is 453 g/mol. The number of nitrogens with zero attached hydrogens (tertiary/aromatic N) is 1. The van der Waals surface area contributed by atoms with E-state index < -0.39 is 6.51 Å². The molecule has 0 aromatic carbocycles. The number of hydrogen-bond acceptors (Lipinski definition) is 1. The first kappa shape index (κ1) is 14.9. The number of rotatable bonds is 6. The van der Waals surface area contributed by atoms with E-state index in [-0.39, 0.29) is 0 Å². The van der Waals surface area contributed by atoms with Gasteiger partial charge in [-0.05, 0) is 0 Å². The van der Waals surface area contributed by atoms with Crippen LogP contribution in [0.5, 0.6) is 0 Å². The Labute approximate surface area is 168 Å². The van der Waals surface area contributed by atoms with Crippen molar-refractivity contribution in [1.29, 1.82) is 0 Å². The third-order valence-electron chi connectivity index (χ3n) is 20.2. The van der Waals surface area contributed by atoms with Crippen molar-refractivity contribution < 1.29 is 6.51 Å². The fourth-order valence-corrected chi connectivity index (χ4v) is 104. The van der Waals surface area contributed by atoms with Crippen molar-refractivity contribution in [2.24, 2.45) is 0 Å². The zero-order valence-corrected chi connectivity index (χ0v) is 20.5. The van der Waals surface area contributed by atoms with E-state index in [0.717, 1.165) is 4.31 Å². The van der Waals surface area contributed by atoms with Crippen LogP contribution in [-0.2, 0) is 6.51 Å². The van der Waals surface area contributed by atoms with Crippen LogP contribution in [0.1, 0.15) is 64.2 Å². The van der Waals surface area contributed by atoms with Gasteiger partial charge in [0, 0.05) is 0 Å². The van der Waals surface area contributed by atoms with E-state index in [1.54, 1.807) is 70.8 Å². The van der Waals surface area contributed by atoms with Gasteiger partial charge in [0.25, 0.3) is 0 Å². The first-order valence-electron chi connectivity index (χ1n) is 13.6. The van der Waals surface area contributed by atoms with Crippen molar-refractivity contribution >= 4 is 7.92 Å². The molecule has 0 bridgehead atoms. The molecule has 0 aromatic heterocycles. The molecule has 2 saturated carbocycles. The summed E-state index contributed by atoms with van der Waals surface area (Å²) in [6.07, 6.45) is 16.1. The van der Waals surface area contributed by atoms with E-state index in [2.05, 4.69) is 19.0 Å². The third-order valence-corrected chi connectivity index (χ3v) is 67.2. The number of hydrogen-bond donors (Lipinski definition) is 0. The molecule has 10 aliphatic heterocycles. The summed E-state index contributed by atoms with van der Waals surface area (Å²) in [5.74, 6) is 0. The van der Waals surface area contributed by atoms with Gasteiger partial charge in [-0.3, -0.25) is 0 Å². The SMILES string of the molecule is CN(C)CC(P(C1CCCCC1)C1CCCCC1)[C]12[CH]3[CH]4[CH]5[CH]1[Fe]45321678[CH]2[CH]1[CH]6[CH]7[CH]28. The average molecular weight is 453 g/mol. The van der Waals surface area contributed by atoms with Crippen LogP contribution in [0.3, 0.4) is 0 Å². The van der Waals surface area contributed by atoms with Crippen LogP contribution in [0, 0.1) is 0 Å². The van der Waals surface area contributed by atoms with Gasteiger partial charge in [0.2, 0.25) is 0 Å². The molecule has 162 valence electrons. The maximum absolute atomic E-state index is 3.01. The summed E-state index contributed by atoms with van der Waals surface area (Å²) in [4.78, 5) is 16.5. The van der Waals surface area contributed by atoms with E-state index in [9.17, 15) is 0 Å². The molecule has 5 unspecified atom stereocenters. The molecule has 10 saturated heterocycles. The molecule has 0 aromatic rings. The Morgan fingerprint density at radius 1 is 0.724 bits per heavy atom. The predicted octanol–water partition coefficient (Wildman–Crippen LogP) is 7.82. The Morgan fingerprint density at radius 3 is 1.48 bits per heavy atom. The van der Waals surface area contributed by atoms with Gasteiger partial charge in [-0.2, -0.15) is 0 Å². The van der Waals surface area contributed by atoms with Crippen LogP contribution in [-0.4, -0.2) is 42.5 Å². The average Bonchev–Trinajstić information content (AvgIpc) is 3.68. The maximum atomic E-state index is 2.72. The van der Waals surface area contributed by atoms with Crippen molar-refractivity contribution in [2.45, 2.75) is 129 Å². The molecule has 3 heteroatoms. The second-order valence-electron chi connectivity index (χ2n) is 16.5. The molecule has 1 spiro atoms. The van der Waals surface area contributed by atoms with Crippen LogP contribution in [0.25, 0.3) is 0 Å². The minimum absolute atomic E-state index is 0.294. The van der Waals surface area contributed by atoms with Crippen LogP contribution < -0.4 is 0 Å². The minimum atomic E-state index is -3.01. The van der Waals surface area contributed by atoms with Gasteiger partial charge in [-0.15, -0.1) is 0 Å². The van der Waals surface area contributed by atoms with E-state index in [1.807, 2.05) is 0 Å². The normalized spacial score (nSPS) is 84.1. The molecule has 2 aliphatic carbocycles. The van der Waals surface area contributed by atoms with Gasteiger partial charge in [-0.25, -0.2) is 0 Å². The van der Waals surface area contributed by atoms with Crippen molar-refractivity contribution in [3.05, 3.63) is 0 Å². The summed E-state index contributed by atoms with van der Waals surface area (Å²) in [6, 6.07) is 0. The molecular weight excluding hydrogens is 413 g/mol. The van der Waals surface area contributed by atoms with Crippen LogP contribution in [0.4, 0.5) is 0 Å². The van der Waals surface area contributed by atoms with Gasteiger partial charge >= 0.3 is 169 Å². The first-order chi connectivity index (χ1) is 13.9. The van der Waals surface area contributed by atoms with E-state index in [4.69, 9.17) is 0 Å². The zero-order valence-electron chi connectivity index (χ0n) is 18.5. The molecule has 0 radical (unpaired) electrons. The second-order valence-corrected chi connectivity index (χ2v) is 43.1. The summed E-state index contributed by atoms with van der Waals surface area (Å²) < 4.78 is 1.16. The van der Waals surface area contributed by atoms with Gasteiger partial charge in [-0.1, -0.05) is 0 Å². The Morgan fingerprint density at radius 2 is 1.17 bits per heavy atom. The van der Waals surface area contributed by atoms with Crippen LogP contribution in [0.15, 0.2) is 0 Å². The molecular formula is C26H40FeNP. The van der Waals surface area contributed by atoms with E-state index >= 15 is 0 Å². The fraction of sp³-hybridized carbons (Fsp3) is 1.00. The van der Waals surface area contributed by atoms with E-state index in [0.29, 0.717) is 7.92 Å². The Kier molecular flexibility index (Phi) is 1.05. The summed E-state index contributed by atoms with van der Waals surface area (Å²) >= 11 is 0. The Balaban J connectivity index is 1.09. The molecule has 12 aliphatic rings. The van der Waals surface area contributed by atoms with Crippen molar-refractivity contribution in [3.63, 3.8) is 0 Å². The van der Waals surface area contributed by atoms with Crippen molar-refractivity contribution in [3.8, 4) is 0 Å². The fourth-order valence-electron chi connectivity index (χ4n) is 21.7. The summed E-state index contributed by atoms with van der Waals surface area (Å²) in [6.45, 7) is -1.47. The summed E-state index contributed by atoms with van der Waals surface area (Å²) in [7, 11) is 5.22. The van der Waals surface area contributed by atoms with E-state index in [1.165, 1.54) is 60.3 Å².